The second kappa shape index (κ2) is 6.40. The number of hydrogen-bond donors (Lipinski definition) is 1. The normalized spacial score (nSPS) is 11.1. The number of para-hydroxylation sites is 1. The van der Waals surface area contributed by atoms with Crippen LogP contribution in [0.1, 0.15) is 33.3 Å². The summed E-state index contributed by atoms with van der Waals surface area (Å²) >= 11 is 0. The minimum atomic E-state index is -0.291. The van der Waals surface area contributed by atoms with Gasteiger partial charge in [0.2, 0.25) is 0 Å². The van der Waals surface area contributed by atoms with Gasteiger partial charge in [-0.2, -0.15) is 0 Å². The number of amides is 1. The largest absolute Gasteiger partial charge is 0.483 e. The predicted octanol–water partition coefficient (Wildman–Crippen LogP) is 2.43. The number of hydrogen-bond acceptors (Lipinski definition) is 3. The monoisotopic (exact) mass is 251 g/mol. The molecule has 0 bridgehead atoms. The van der Waals surface area contributed by atoms with Gasteiger partial charge in [-0.25, -0.2) is 5.48 Å². The van der Waals surface area contributed by atoms with Crippen molar-refractivity contribution in [2.75, 3.05) is 13.2 Å². The van der Waals surface area contributed by atoms with E-state index in [9.17, 15) is 4.79 Å². The highest BCUT2D eigenvalue weighted by Gasteiger charge is 2.18. The Hall–Kier alpha value is -1.55. The molecule has 1 aromatic carbocycles. The number of carbonyl (C=O) groups is 1. The van der Waals surface area contributed by atoms with E-state index in [-0.39, 0.29) is 17.9 Å². The lowest BCUT2D eigenvalue weighted by molar-refractivity contribution is -0.135. The second-order valence-electron chi connectivity index (χ2n) is 4.99. The van der Waals surface area contributed by atoms with E-state index in [1.807, 2.05) is 24.3 Å². The summed E-state index contributed by atoms with van der Waals surface area (Å²) in [4.78, 5) is 16.2. The zero-order chi connectivity index (χ0) is 13.6. The SMILES string of the molecule is CCONC(=O)COc1ccccc1C(C)(C)C. The van der Waals surface area contributed by atoms with Gasteiger partial charge in [-0.15, -0.1) is 0 Å². The highest BCUT2D eigenvalue weighted by molar-refractivity contribution is 5.76. The molecule has 1 N–H and O–H groups in total. The summed E-state index contributed by atoms with van der Waals surface area (Å²) in [6, 6.07) is 7.74. The summed E-state index contributed by atoms with van der Waals surface area (Å²) < 4.78 is 5.53. The molecule has 4 heteroatoms. The molecule has 18 heavy (non-hydrogen) atoms. The Morgan fingerprint density at radius 3 is 2.56 bits per heavy atom. The van der Waals surface area contributed by atoms with E-state index >= 15 is 0 Å². The van der Waals surface area contributed by atoms with Crippen LogP contribution in [0.3, 0.4) is 0 Å². The second-order valence-corrected chi connectivity index (χ2v) is 4.99. The molecule has 0 heterocycles. The van der Waals surface area contributed by atoms with E-state index < -0.39 is 0 Å². The molecule has 0 aliphatic heterocycles. The Morgan fingerprint density at radius 1 is 1.28 bits per heavy atom. The third-order valence-electron chi connectivity index (χ3n) is 2.38. The van der Waals surface area contributed by atoms with Crippen molar-refractivity contribution in [2.45, 2.75) is 33.1 Å². The Balaban J connectivity index is 2.65. The van der Waals surface area contributed by atoms with Crippen molar-refractivity contribution in [3.8, 4) is 5.75 Å². The third kappa shape index (κ3) is 4.37. The van der Waals surface area contributed by atoms with E-state index in [0.717, 1.165) is 11.3 Å². The molecule has 1 aromatic rings. The quantitative estimate of drug-likeness (QED) is 0.818. The zero-order valence-corrected chi connectivity index (χ0v) is 11.4. The van der Waals surface area contributed by atoms with E-state index in [2.05, 4.69) is 26.3 Å². The average Bonchev–Trinajstić information content (AvgIpc) is 2.33. The van der Waals surface area contributed by atoms with Crippen molar-refractivity contribution in [3.63, 3.8) is 0 Å². The summed E-state index contributed by atoms with van der Waals surface area (Å²) in [5.41, 5.74) is 3.35. The predicted molar refractivity (Wildman–Crippen MR) is 70.4 cm³/mol. The van der Waals surface area contributed by atoms with Crippen LogP contribution >= 0.6 is 0 Å². The molecular formula is C14H21NO3. The van der Waals surface area contributed by atoms with Crippen LogP contribution in [-0.2, 0) is 15.0 Å². The van der Waals surface area contributed by atoms with Crippen LogP contribution in [-0.4, -0.2) is 19.1 Å². The average molecular weight is 251 g/mol. The lowest BCUT2D eigenvalue weighted by Gasteiger charge is -2.22. The van der Waals surface area contributed by atoms with Crippen molar-refractivity contribution in [1.29, 1.82) is 0 Å². The molecular weight excluding hydrogens is 230 g/mol. The first-order valence-corrected chi connectivity index (χ1v) is 6.08. The lowest BCUT2D eigenvalue weighted by atomic mass is 9.86. The fourth-order valence-corrected chi connectivity index (χ4v) is 1.54. The summed E-state index contributed by atoms with van der Waals surface area (Å²) in [5, 5.41) is 0. The van der Waals surface area contributed by atoms with Gasteiger partial charge in [0.1, 0.15) is 5.75 Å². The maximum Gasteiger partial charge on any atom is 0.281 e. The van der Waals surface area contributed by atoms with Gasteiger partial charge >= 0.3 is 0 Å². The minimum absolute atomic E-state index is 0.0208. The summed E-state index contributed by atoms with van der Waals surface area (Å²) in [7, 11) is 0. The topological polar surface area (TPSA) is 47.6 Å². The minimum Gasteiger partial charge on any atom is -0.483 e. The first kappa shape index (κ1) is 14.5. The molecule has 1 amide bonds. The summed E-state index contributed by atoms with van der Waals surface area (Å²) in [5.74, 6) is 0.442. The maximum atomic E-state index is 11.4. The summed E-state index contributed by atoms with van der Waals surface area (Å²) in [6.45, 7) is 8.51. The van der Waals surface area contributed by atoms with Crippen LogP contribution in [0.15, 0.2) is 24.3 Å². The Bertz CT molecular complexity index is 396. The Morgan fingerprint density at radius 2 is 1.94 bits per heavy atom. The van der Waals surface area contributed by atoms with Crippen LogP contribution in [0.2, 0.25) is 0 Å². The molecule has 0 saturated heterocycles. The molecule has 1 rings (SSSR count). The number of hydroxylamine groups is 1. The van der Waals surface area contributed by atoms with E-state index in [4.69, 9.17) is 9.57 Å². The van der Waals surface area contributed by atoms with Crippen molar-refractivity contribution in [3.05, 3.63) is 29.8 Å². The molecule has 0 atom stereocenters. The van der Waals surface area contributed by atoms with Gasteiger partial charge in [0.25, 0.3) is 5.91 Å². The van der Waals surface area contributed by atoms with Crippen molar-refractivity contribution in [2.24, 2.45) is 0 Å². The highest BCUT2D eigenvalue weighted by atomic mass is 16.7. The number of rotatable bonds is 5. The number of ether oxygens (including phenoxy) is 1. The fourth-order valence-electron chi connectivity index (χ4n) is 1.54. The molecule has 0 aliphatic rings. The fraction of sp³-hybridized carbons (Fsp3) is 0.500. The first-order chi connectivity index (χ1) is 8.45. The molecule has 4 nitrogen and oxygen atoms in total. The van der Waals surface area contributed by atoms with Gasteiger partial charge in [-0.3, -0.25) is 9.63 Å². The van der Waals surface area contributed by atoms with Gasteiger partial charge < -0.3 is 4.74 Å². The maximum absolute atomic E-state index is 11.4. The van der Waals surface area contributed by atoms with Gasteiger partial charge in [0.15, 0.2) is 6.61 Å². The third-order valence-corrected chi connectivity index (χ3v) is 2.38. The molecule has 0 radical (unpaired) electrons. The zero-order valence-electron chi connectivity index (χ0n) is 11.4. The standard InChI is InChI=1S/C14H21NO3/c1-5-18-15-13(16)10-17-12-9-7-6-8-11(12)14(2,3)4/h6-9H,5,10H2,1-4H3,(H,15,16). The first-order valence-electron chi connectivity index (χ1n) is 6.08. The van der Waals surface area contributed by atoms with Crippen molar-refractivity contribution >= 4 is 5.91 Å². The summed E-state index contributed by atoms with van der Waals surface area (Å²) in [6.07, 6.45) is 0. The van der Waals surface area contributed by atoms with Gasteiger partial charge in [0, 0.05) is 0 Å². The van der Waals surface area contributed by atoms with Crippen molar-refractivity contribution < 1.29 is 14.4 Å². The Kier molecular flexibility index (Phi) is 5.16. The van der Waals surface area contributed by atoms with Crippen LogP contribution in [0, 0.1) is 0 Å². The van der Waals surface area contributed by atoms with E-state index in [0.29, 0.717) is 6.61 Å². The van der Waals surface area contributed by atoms with Gasteiger partial charge in [0.05, 0.1) is 6.61 Å². The van der Waals surface area contributed by atoms with Crippen molar-refractivity contribution in [1.82, 2.24) is 5.48 Å². The number of carbonyl (C=O) groups excluding carboxylic acids is 1. The molecule has 100 valence electrons. The van der Waals surface area contributed by atoms with E-state index in [1.165, 1.54) is 0 Å². The van der Waals surface area contributed by atoms with Crippen LogP contribution < -0.4 is 10.2 Å². The highest BCUT2D eigenvalue weighted by Crippen LogP contribution is 2.30. The number of benzene rings is 1. The lowest BCUT2D eigenvalue weighted by Crippen LogP contribution is -2.29. The van der Waals surface area contributed by atoms with Gasteiger partial charge in [-0.05, 0) is 24.0 Å². The molecule has 0 unspecified atom stereocenters. The smallest absolute Gasteiger partial charge is 0.281 e. The number of nitrogens with one attached hydrogen (secondary N) is 1. The van der Waals surface area contributed by atoms with Crippen LogP contribution in [0.25, 0.3) is 0 Å². The van der Waals surface area contributed by atoms with E-state index in [1.54, 1.807) is 6.92 Å². The van der Waals surface area contributed by atoms with Gasteiger partial charge in [-0.1, -0.05) is 39.0 Å². The Labute approximate surface area is 108 Å². The van der Waals surface area contributed by atoms with Crippen LogP contribution in [0.5, 0.6) is 5.75 Å². The molecule has 0 saturated carbocycles. The molecule has 0 aliphatic carbocycles. The van der Waals surface area contributed by atoms with Crippen LogP contribution in [0.4, 0.5) is 0 Å². The molecule has 0 spiro atoms. The molecule has 0 fully saturated rings. The molecule has 0 aromatic heterocycles.